The highest BCUT2D eigenvalue weighted by molar-refractivity contribution is 5.81. The van der Waals surface area contributed by atoms with Gasteiger partial charge in [-0.15, -0.1) is 0 Å². The van der Waals surface area contributed by atoms with Gasteiger partial charge in [0.15, 0.2) is 0 Å². The summed E-state index contributed by atoms with van der Waals surface area (Å²) in [6.45, 7) is 8.77. The highest BCUT2D eigenvalue weighted by Gasteiger charge is 2.23. The van der Waals surface area contributed by atoms with Crippen molar-refractivity contribution in [3.8, 4) is 0 Å². The predicted molar refractivity (Wildman–Crippen MR) is 78.5 cm³/mol. The van der Waals surface area contributed by atoms with Crippen molar-refractivity contribution in [2.75, 3.05) is 13.2 Å². The number of rotatable bonds is 10. The molecule has 0 heterocycles. The van der Waals surface area contributed by atoms with Crippen LogP contribution in [0, 0.1) is 5.92 Å². The summed E-state index contributed by atoms with van der Waals surface area (Å²) in [5.74, 6) is -0.0853. The van der Waals surface area contributed by atoms with Gasteiger partial charge in [-0.1, -0.05) is 40.5 Å². The molecule has 0 saturated carbocycles. The van der Waals surface area contributed by atoms with Gasteiger partial charge in [0, 0.05) is 0 Å². The highest BCUT2D eigenvalue weighted by Crippen LogP contribution is 2.07. The van der Waals surface area contributed by atoms with E-state index in [2.05, 4.69) is 12.2 Å². The van der Waals surface area contributed by atoms with Crippen LogP contribution in [-0.4, -0.2) is 31.3 Å². The van der Waals surface area contributed by atoms with Crippen LogP contribution in [0.3, 0.4) is 0 Å². The number of alkyl carbamates (subject to hydrolysis) is 1. The molecule has 0 aromatic carbocycles. The predicted octanol–water partition coefficient (Wildman–Crippen LogP) is 3.27. The fraction of sp³-hybridized carbons (Fsp3) is 0.867. The largest absolute Gasteiger partial charge is 0.464 e. The molecule has 118 valence electrons. The summed E-state index contributed by atoms with van der Waals surface area (Å²) >= 11 is 0. The maximum absolute atomic E-state index is 12.0. The Labute approximate surface area is 122 Å². The van der Waals surface area contributed by atoms with Crippen molar-refractivity contribution < 1.29 is 19.1 Å². The van der Waals surface area contributed by atoms with Gasteiger partial charge in [-0.05, 0) is 25.2 Å². The normalized spacial score (nSPS) is 12.1. The van der Waals surface area contributed by atoms with E-state index in [4.69, 9.17) is 9.47 Å². The second-order valence-corrected chi connectivity index (χ2v) is 5.34. The van der Waals surface area contributed by atoms with Crippen LogP contribution in [-0.2, 0) is 14.3 Å². The fourth-order valence-electron chi connectivity index (χ4n) is 1.69. The minimum Gasteiger partial charge on any atom is -0.464 e. The topological polar surface area (TPSA) is 64.6 Å². The molecule has 0 unspecified atom stereocenters. The van der Waals surface area contributed by atoms with E-state index in [-0.39, 0.29) is 11.9 Å². The van der Waals surface area contributed by atoms with Crippen LogP contribution in [0.5, 0.6) is 0 Å². The molecule has 0 aliphatic heterocycles. The van der Waals surface area contributed by atoms with Crippen molar-refractivity contribution in [1.82, 2.24) is 5.32 Å². The summed E-state index contributed by atoms with van der Waals surface area (Å²) in [5, 5.41) is 2.59. The molecule has 0 spiro atoms. The van der Waals surface area contributed by atoms with Crippen molar-refractivity contribution in [3.05, 3.63) is 0 Å². The number of amides is 1. The van der Waals surface area contributed by atoms with Gasteiger partial charge in [-0.2, -0.15) is 0 Å². The highest BCUT2D eigenvalue weighted by atomic mass is 16.6. The Morgan fingerprint density at radius 1 is 1.00 bits per heavy atom. The summed E-state index contributed by atoms with van der Waals surface area (Å²) in [6, 6.07) is -0.624. The molecule has 1 amide bonds. The van der Waals surface area contributed by atoms with Crippen molar-refractivity contribution >= 4 is 12.1 Å². The Hall–Kier alpha value is -1.26. The molecular formula is C15H29NO4. The van der Waals surface area contributed by atoms with Crippen LogP contribution in [0.1, 0.15) is 59.8 Å². The van der Waals surface area contributed by atoms with Crippen LogP contribution < -0.4 is 5.32 Å². The van der Waals surface area contributed by atoms with Crippen LogP contribution in [0.2, 0.25) is 0 Å². The molecule has 1 atom stereocenters. The summed E-state index contributed by atoms with van der Waals surface area (Å²) in [6.07, 6.45) is 3.72. The minimum absolute atomic E-state index is 0.287. The van der Waals surface area contributed by atoms with Crippen LogP contribution in [0.4, 0.5) is 4.79 Å². The Kier molecular flexibility index (Phi) is 10.8. The van der Waals surface area contributed by atoms with Crippen LogP contribution in [0.15, 0.2) is 0 Å². The smallest absolute Gasteiger partial charge is 0.407 e. The molecule has 0 bridgehead atoms. The van der Waals surface area contributed by atoms with E-state index >= 15 is 0 Å². The van der Waals surface area contributed by atoms with E-state index in [1.165, 1.54) is 0 Å². The Morgan fingerprint density at radius 2 is 1.70 bits per heavy atom. The lowest BCUT2D eigenvalue weighted by molar-refractivity contribution is -0.146. The maximum atomic E-state index is 12.0. The van der Waals surface area contributed by atoms with Gasteiger partial charge in [0.1, 0.15) is 6.04 Å². The van der Waals surface area contributed by atoms with Crippen molar-refractivity contribution in [1.29, 1.82) is 0 Å². The molecule has 5 nitrogen and oxygen atoms in total. The van der Waals surface area contributed by atoms with Gasteiger partial charge in [0.05, 0.1) is 13.2 Å². The standard InChI is InChI=1S/C15H29NO4/c1-5-7-8-10-19-14(17)13(11-12(3)4)16-15(18)20-9-6-2/h12-13H,5-11H2,1-4H3,(H,16,18)/t13-/m0/s1. The summed E-state index contributed by atoms with van der Waals surface area (Å²) in [4.78, 5) is 23.5. The molecule has 0 aliphatic rings. The maximum Gasteiger partial charge on any atom is 0.407 e. The average molecular weight is 287 g/mol. The monoisotopic (exact) mass is 287 g/mol. The van der Waals surface area contributed by atoms with Gasteiger partial charge < -0.3 is 14.8 Å². The molecular weight excluding hydrogens is 258 g/mol. The molecule has 0 aromatic rings. The molecule has 0 saturated heterocycles. The Bertz CT molecular complexity index is 279. The van der Waals surface area contributed by atoms with Gasteiger partial charge >= 0.3 is 12.1 Å². The van der Waals surface area contributed by atoms with Gasteiger partial charge in [-0.25, -0.2) is 9.59 Å². The lowest BCUT2D eigenvalue weighted by Crippen LogP contribution is -2.43. The lowest BCUT2D eigenvalue weighted by Gasteiger charge is -2.19. The first-order valence-electron chi connectivity index (χ1n) is 7.61. The molecule has 1 N–H and O–H groups in total. The molecule has 0 fully saturated rings. The zero-order valence-electron chi connectivity index (χ0n) is 13.2. The summed E-state index contributed by atoms with van der Waals surface area (Å²) in [5.41, 5.74) is 0. The molecule has 5 heteroatoms. The minimum atomic E-state index is -0.624. The number of carbonyl (C=O) groups is 2. The summed E-state index contributed by atoms with van der Waals surface area (Å²) in [7, 11) is 0. The first-order valence-corrected chi connectivity index (χ1v) is 7.61. The molecule has 20 heavy (non-hydrogen) atoms. The first-order chi connectivity index (χ1) is 9.51. The van der Waals surface area contributed by atoms with Gasteiger partial charge in [0.25, 0.3) is 0 Å². The number of hydrogen-bond donors (Lipinski definition) is 1. The van der Waals surface area contributed by atoms with Crippen LogP contribution >= 0.6 is 0 Å². The Morgan fingerprint density at radius 3 is 2.25 bits per heavy atom. The third kappa shape index (κ3) is 9.64. The molecule has 0 radical (unpaired) electrons. The molecule has 0 aromatic heterocycles. The van der Waals surface area contributed by atoms with E-state index in [0.717, 1.165) is 25.7 Å². The van der Waals surface area contributed by atoms with E-state index < -0.39 is 12.1 Å². The van der Waals surface area contributed by atoms with E-state index in [1.807, 2.05) is 20.8 Å². The number of hydrogen-bond acceptors (Lipinski definition) is 4. The van der Waals surface area contributed by atoms with E-state index in [1.54, 1.807) is 0 Å². The summed E-state index contributed by atoms with van der Waals surface area (Å²) < 4.78 is 10.1. The number of carbonyl (C=O) groups excluding carboxylic acids is 2. The number of ether oxygens (including phenoxy) is 2. The third-order valence-electron chi connectivity index (χ3n) is 2.71. The Balaban J connectivity index is 4.24. The zero-order chi connectivity index (χ0) is 15.4. The second kappa shape index (κ2) is 11.6. The lowest BCUT2D eigenvalue weighted by atomic mass is 10.0. The van der Waals surface area contributed by atoms with E-state index in [0.29, 0.717) is 19.6 Å². The first kappa shape index (κ1) is 18.7. The van der Waals surface area contributed by atoms with Crippen molar-refractivity contribution in [2.45, 2.75) is 65.8 Å². The van der Waals surface area contributed by atoms with Crippen LogP contribution in [0.25, 0.3) is 0 Å². The molecule has 0 aliphatic carbocycles. The quantitative estimate of drug-likeness (QED) is 0.495. The third-order valence-corrected chi connectivity index (χ3v) is 2.71. The van der Waals surface area contributed by atoms with Gasteiger partial charge in [0.2, 0.25) is 0 Å². The number of unbranched alkanes of at least 4 members (excludes halogenated alkanes) is 2. The molecule has 0 rings (SSSR count). The van der Waals surface area contributed by atoms with Crippen molar-refractivity contribution in [3.63, 3.8) is 0 Å². The number of nitrogens with one attached hydrogen (secondary N) is 1. The average Bonchev–Trinajstić information content (AvgIpc) is 2.39. The number of esters is 1. The zero-order valence-corrected chi connectivity index (χ0v) is 13.2. The van der Waals surface area contributed by atoms with Crippen molar-refractivity contribution in [2.24, 2.45) is 5.92 Å². The SMILES string of the molecule is CCCCCOC(=O)[C@H](CC(C)C)NC(=O)OCCC. The van der Waals surface area contributed by atoms with E-state index in [9.17, 15) is 9.59 Å². The second-order valence-electron chi connectivity index (χ2n) is 5.34. The van der Waals surface area contributed by atoms with Gasteiger partial charge in [-0.3, -0.25) is 0 Å². The fourth-order valence-corrected chi connectivity index (χ4v) is 1.69.